The van der Waals surface area contributed by atoms with Crippen LogP contribution in [-0.2, 0) is 11.3 Å². The van der Waals surface area contributed by atoms with E-state index in [1.54, 1.807) is 16.9 Å². The first-order chi connectivity index (χ1) is 8.13. The molecule has 1 saturated carbocycles. The van der Waals surface area contributed by atoms with E-state index in [4.69, 9.17) is 5.73 Å². The lowest BCUT2D eigenvalue weighted by atomic mass is 9.87. The number of aromatic nitrogens is 2. The Bertz CT molecular complexity index is 388. The number of nitrogens with two attached hydrogens (primary N) is 1. The van der Waals surface area contributed by atoms with E-state index in [0.717, 1.165) is 18.8 Å². The summed E-state index contributed by atoms with van der Waals surface area (Å²) in [6.45, 7) is 2.49. The number of anilines is 1. The fourth-order valence-electron chi connectivity index (χ4n) is 2.45. The molecule has 0 aromatic carbocycles. The molecule has 94 valence electrons. The van der Waals surface area contributed by atoms with Gasteiger partial charge in [0.15, 0.2) is 0 Å². The maximum atomic E-state index is 11.8. The van der Waals surface area contributed by atoms with E-state index in [1.165, 1.54) is 12.8 Å². The van der Waals surface area contributed by atoms with Crippen molar-refractivity contribution in [2.75, 3.05) is 5.73 Å². The minimum atomic E-state index is 0.0206. The van der Waals surface area contributed by atoms with E-state index < -0.39 is 0 Å². The van der Waals surface area contributed by atoms with Gasteiger partial charge >= 0.3 is 0 Å². The van der Waals surface area contributed by atoms with Crippen molar-refractivity contribution in [2.24, 2.45) is 5.92 Å². The van der Waals surface area contributed by atoms with Crippen molar-refractivity contribution < 1.29 is 4.79 Å². The van der Waals surface area contributed by atoms with Crippen molar-refractivity contribution >= 4 is 11.7 Å². The van der Waals surface area contributed by atoms with Gasteiger partial charge in [-0.2, -0.15) is 5.10 Å². The van der Waals surface area contributed by atoms with Gasteiger partial charge in [-0.1, -0.05) is 19.8 Å². The number of hydrogen-bond donors (Lipinski definition) is 2. The second kappa shape index (κ2) is 5.21. The summed E-state index contributed by atoms with van der Waals surface area (Å²) in [6.07, 6.45) is 6.39. The van der Waals surface area contributed by atoms with Crippen LogP contribution in [0.2, 0.25) is 0 Å². The van der Waals surface area contributed by atoms with Crippen molar-refractivity contribution in [3.05, 3.63) is 12.3 Å². The largest absolute Gasteiger partial charge is 0.382 e. The molecule has 5 heteroatoms. The third-order valence-electron chi connectivity index (χ3n) is 3.27. The summed E-state index contributed by atoms with van der Waals surface area (Å²) < 4.78 is 1.57. The lowest BCUT2D eigenvalue weighted by Gasteiger charge is -2.27. The van der Waals surface area contributed by atoms with Gasteiger partial charge in [0, 0.05) is 12.2 Å². The molecule has 1 aliphatic carbocycles. The number of carbonyl (C=O) groups excluding carboxylic acids is 1. The number of amides is 1. The Morgan fingerprint density at radius 2 is 2.47 bits per heavy atom. The Labute approximate surface area is 101 Å². The molecule has 17 heavy (non-hydrogen) atoms. The lowest BCUT2D eigenvalue weighted by Crippen LogP contribution is -2.39. The summed E-state index contributed by atoms with van der Waals surface area (Å²) in [4.78, 5) is 11.8. The van der Waals surface area contributed by atoms with Gasteiger partial charge in [-0.25, -0.2) is 0 Å². The molecule has 0 radical (unpaired) electrons. The first kappa shape index (κ1) is 12.0. The molecular weight excluding hydrogens is 216 g/mol. The maximum Gasteiger partial charge on any atom is 0.241 e. The predicted octanol–water partition coefficient (Wildman–Crippen LogP) is 1.16. The molecule has 0 spiro atoms. The third kappa shape index (κ3) is 3.47. The zero-order chi connectivity index (χ0) is 12.3. The van der Waals surface area contributed by atoms with Crippen molar-refractivity contribution in [1.82, 2.24) is 15.1 Å². The molecule has 2 atom stereocenters. The van der Waals surface area contributed by atoms with Crippen molar-refractivity contribution in [1.29, 1.82) is 0 Å². The zero-order valence-corrected chi connectivity index (χ0v) is 10.2. The molecular formula is C12H20N4O. The van der Waals surface area contributed by atoms with Crippen LogP contribution in [0.4, 0.5) is 5.82 Å². The minimum absolute atomic E-state index is 0.0206. The Morgan fingerprint density at radius 3 is 3.12 bits per heavy atom. The normalized spacial score (nSPS) is 24.5. The molecule has 0 saturated heterocycles. The molecule has 5 nitrogen and oxygen atoms in total. The van der Waals surface area contributed by atoms with E-state index in [9.17, 15) is 4.79 Å². The zero-order valence-electron chi connectivity index (χ0n) is 10.2. The van der Waals surface area contributed by atoms with Crippen molar-refractivity contribution in [3.63, 3.8) is 0 Å². The molecule has 1 aromatic heterocycles. The quantitative estimate of drug-likeness (QED) is 0.827. The fourth-order valence-corrected chi connectivity index (χ4v) is 2.45. The molecule has 3 N–H and O–H groups in total. The number of rotatable bonds is 3. The van der Waals surface area contributed by atoms with Crippen LogP contribution in [0.3, 0.4) is 0 Å². The van der Waals surface area contributed by atoms with Gasteiger partial charge in [-0.05, 0) is 24.8 Å². The summed E-state index contributed by atoms with van der Waals surface area (Å²) in [5, 5.41) is 7.06. The molecule has 2 rings (SSSR count). The summed E-state index contributed by atoms with van der Waals surface area (Å²) in [6, 6.07) is 2.02. The van der Waals surface area contributed by atoms with E-state index in [2.05, 4.69) is 17.3 Å². The second-order valence-corrected chi connectivity index (χ2v) is 4.97. The highest BCUT2D eigenvalue weighted by Crippen LogP contribution is 2.23. The minimum Gasteiger partial charge on any atom is -0.382 e. The molecule has 0 aliphatic heterocycles. The Balaban J connectivity index is 1.80. The van der Waals surface area contributed by atoms with E-state index in [-0.39, 0.29) is 12.5 Å². The standard InChI is InChI=1S/C12H20N4O/c1-9-3-2-4-10(7-9)14-12(17)8-16-6-5-11(13)15-16/h5-6,9-10H,2-4,7-8H2,1H3,(H2,13,15)(H,14,17). The van der Waals surface area contributed by atoms with Crippen LogP contribution in [0.15, 0.2) is 12.3 Å². The molecule has 1 aliphatic rings. The van der Waals surface area contributed by atoms with Gasteiger partial charge in [0.2, 0.25) is 5.91 Å². The molecule has 1 amide bonds. The summed E-state index contributed by atoms with van der Waals surface area (Å²) >= 11 is 0. The molecule has 1 aromatic rings. The SMILES string of the molecule is CC1CCCC(NC(=O)Cn2ccc(N)n2)C1. The molecule has 1 heterocycles. The monoisotopic (exact) mass is 236 g/mol. The second-order valence-electron chi connectivity index (χ2n) is 4.97. The van der Waals surface area contributed by atoms with Gasteiger partial charge in [-0.15, -0.1) is 0 Å². The highest BCUT2D eigenvalue weighted by Gasteiger charge is 2.20. The first-order valence-corrected chi connectivity index (χ1v) is 6.22. The van der Waals surface area contributed by atoms with Crippen LogP contribution in [0, 0.1) is 5.92 Å². The van der Waals surface area contributed by atoms with Crippen molar-refractivity contribution in [2.45, 2.75) is 45.2 Å². The third-order valence-corrected chi connectivity index (χ3v) is 3.27. The Morgan fingerprint density at radius 1 is 1.65 bits per heavy atom. The number of nitrogen functional groups attached to an aromatic ring is 1. The van der Waals surface area contributed by atoms with Crippen LogP contribution in [0.5, 0.6) is 0 Å². The Kier molecular flexibility index (Phi) is 3.66. The van der Waals surface area contributed by atoms with Crippen LogP contribution in [0.1, 0.15) is 32.6 Å². The summed E-state index contributed by atoms with van der Waals surface area (Å²) in [7, 11) is 0. The summed E-state index contributed by atoms with van der Waals surface area (Å²) in [5.74, 6) is 1.19. The van der Waals surface area contributed by atoms with Gasteiger partial charge in [-0.3, -0.25) is 9.48 Å². The number of nitrogens with one attached hydrogen (secondary N) is 1. The number of carbonyl (C=O) groups is 1. The maximum absolute atomic E-state index is 11.8. The van der Waals surface area contributed by atoms with Crippen LogP contribution in [-0.4, -0.2) is 21.7 Å². The van der Waals surface area contributed by atoms with E-state index in [0.29, 0.717) is 11.9 Å². The van der Waals surface area contributed by atoms with Gasteiger partial charge < -0.3 is 11.1 Å². The van der Waals surface area contributed by atoms with Gasteiger partial charge in [0.05, 0.1) is 0 Å². The van der Waals surface area contributed by atoms with Crippen molar-refractivity contribution in [3.8, 4) is 0 Å². The predicted molar refractivity (Wildman–Crippen MR) is 66.2 cm³/mol. The highest BCUT2D eigenvalue weighted by molar-refractivity contribution is 5.76. The molecule has 0 bridgehead atoms. The topological polar surface area (TPSA) is 72.9 Å². The van der Waals surface area contributed by atoms with E-state index in [1.807, 2.05) is 0 Å². The summed E-state index contributed by atoms with van der Waals surface area (Å²) in [5.41, 5.74) is 5.49. The van der Waals surface area contributed by atoms with Crippen LogP contribution >= 0.6 is 0 Å². The average molecular weight is 236 g/mol. The first-order valence-electron chi connectivity index (χ1n) is 6.22. The van der Waals surface area contributed by atoms with E-state index >= 15 is 0 Å². The molecule has 1 fully saturated rings. The van der Waals surface area contributed by atoms with Crippen LogP contribution in [0.25, 0.3) is 0 Å². The molecule has 2 unspecified atom stereocenters. The number of nitrogens with zero attached hydrogens (tertiary/aromatic N) is 2. The Hall–Kier alpha value is -1.52. The van der Waals surface area contributed by atoms with Gasteiger partial charge in [0.1, 0.15) is 12.4 Å². The number of hydrogen-bond acceptors (Lipinski definition) is 3. The van der Waals surface area contributed by atoms with Gasteiger partial charge in [0.25, 0.3) is 0 Å². The average Bonchev–Trinajstić information content (AvgIpc) is 2.63. The fraction of sp³-hybridized carbons (Fsp3) is 0.667. The highest BCUT2D eigenvalue weighted by atomic mass is 16.2. The smallest absolute Gasteiger partial charge is 0.241 e. The lowest BCUT2D eigenvalue weighted by molar-refractivity contribution is -0.122. The van der Waals surface area contributed by atoms with Crippen LogP contribution < -0.4 is 11.1 Å².